The molecule has 1 saturated carbocycles. The molecule has 4 nitrogen and oxygen atoms in total. The molecule has 0 amide bonds. The quantitative estimate of drug-likeness (QED) is 0.909. The van der Waals surface area contributed by atoms with Crippen LogP contribution in [0.25, 0.3) is 11.4 Å². The van der Waals surface area contributed by atoms with Gasteiger partial charge in [0, 0.05) is 27.6 Å². The van der Waals surface area contributed by atoms with Gasteiger partial charge in [-0.05, 0) is 43.9 Å². The smallest absolute Gasteiger partial charge is 0.230 e. The van der Waals surface area contributed by atoms with Crippen LogP contribution >= 0.6 is 23.2 Å². The Labute approximate surface area is 127 Å². The van der Waals surface area contributed by atoms with E-state index in [0.717, 1.165) is 31.2 Å². The van der Waals surface area contributed by atoms with E-state index in [-0.39, 0.29) is 0 Å². The highest BCUT2D eigenvalue weighted by molar-refractivity contribution is 6.35. The third kappa shape index (κ3) is 2.97. The first-order valence-corrected chi connectivity index (χ1v) is 7.43. The van der Waals surface area contributed by atoms with Crippen molar-refractivity contribution < 1.29 is 4.52 Å². The molecule has 1 heterocycles. The van der Waals surface area contributed by atoms with Crippen LogP contribution in [0.4, 0.5) is 0 Å². The van der Waals surface area contributed by atoms with Gasteiger partial charge in [0.15, 0.2) is 0 Å². The topological polar surface area (TPSA) is 64.9 Å². The lowest BCUT2D eigenvalue weighted by Crippen LogP contribution is -2.25. The van der Waals surface area contributed by atoms with Gasteiger partial charge in [-0.2, -0.15) is 4.98 Å². The predicted octanol–water partition coefficient (Wildman–Crippen LogP) is 4.03. The maximum Gasteiger partial charge on any atom is 0.230 e. The zero-order valence-electron chi connectivity index (χ0n) is 10.9. The fourth-order valence-electron chi connectivity index (χ4n) is 2.57. The zero-order chi connectivity index (χ0) is 14.1. The van der Waals surface area contributed by atoms with E-state index in [2.05, 4.69) is 10.1 Å². The van der Waals surface area contributed by atoms with Gasteiger partial charge in [0.05, 0.1) is 0 Å². The third-order valence-electron chi connectivity index (χ3n) is 3.68. The van der Waals surface area contributed by atoms with Crippen LogP contribution in [0.3, 0.4) is 0 Å². The van der Waals surface area contributed by atoms with Gasteiger partial charge in [0.25, 0.3) is 0 Å². The summed E-state index contributed by atoms with van der Waals surface area (Å²) in [6.45, 7) is 0. The lowest BCUT2D eigenvalue weighted by atomic mass is 9.86. The molecule has 0 aliphatic heterocycles. The van der Waals surface area contributed by atoms with Crippen molar-refractivity contribution >= 4 is 23.2 Å². The predicted molar refractivity (Wildman–Crippen MR) is 78.9 cm³/mol. The van der Waals surface area contributed by atoms with E-state index in [9.17, 15) is 0 Å². The summed E-state index contributed by atoms with van der Waals surface area (Å²) in [5.74, 6) is 1.52. The fraction of sp³-hybridized carbons (Fsp3) is 0.429. The van der Waals surface area contributed by atoms with E-state index in [0.29, 0.717) is 33.7 Å². The van der Waals surface area contributed by atoms with Gasteiger partial charge in [-0.15, -0.1) is 0 Å². The Kier molecular flexibility index (Phi) is 3.96. The Morgan fingerprint density at radius 3 is 2.35 bits per heavy atom. The molecule has 0 bridgehead atoms. The maximum absolute atomic E-state index is 5.99. The van der Waals surface area contributed by atoms with Crippen LogP contribution in [0.1, 0.15) is 37.5 Å². The Bertz CT molecular complexity index is 586. The van der Waals surface area contributed by atoms with Gasteiger partial charge < -0.3 is 10.3 Å². The van der Waals surface area contributed by atoms with E-state index in [1.54, 1.807) is 18.2 Å². The first kappa shape index (κ1) is 13.9. The molecule has 0 saturated heterocycles. The molecule has 3 rings (SSSR count). The van der Waals surface area contributed by atoms with Crippen LogP contribution in [-0.2, 0) is 0 Å². The number of hydrogen-bond acceptors (Lipinski definition) is 4. The molecule has 2 N–H and O–H groups in total. The summed E-state index contributed by atoms with van der Waals surface area (Å²) in [4.78, 5) is 4.48. The van der Waals surface area contributed by atoms with E-state index in [1.165, 1.54) is 0 Å². The van der Waals surface area contributed by atoms with Gasteiger partial charge in [0.2, 0.25) is 11.7 Å². The van der Waals surface area contributed by atoms with Crippen LogP contribution in [0.2, 0.25) is 10.0 Å². The highest BCUT2D eigenvalue weighted by Gasteiger charge is 2.25. The number of aromatic nitrogens is 2. The highest BCUT2D eigenvalue weighted by Crippen LogP contribution is 2.33. The monoisotopic (exact) mass is 311 g/mol. The van der Waals surface area contributed by atoms with Crippen molar-refractivity contribution in [1.82, 2.24) is 10.1 Å². The van der Waals surface area contributed by atoms with Gasteiger partial charge >= 0.3 is 0 Å². The Hall–Kier alpha value is -1.10. The van der Waals surface area contributed by atoms with Crippen LogP contribution in [0.5, 0.6) is 0 Å². The summed E-state index contributed by atoms with van der Waals surface area (Å²) in [5, 5.41) is 5.14. The zero-order valence-corrected chi connectivity index (χ0v) is 12.4. The van der Waals surface area contributed by atoms with Crippen molar-refractivity contribution in [2.45, 2.75) is 37.6 Å². The maximum atomic E-state index is 5.99. The normalized spacial score (nSPS) is 22.9. The van der Waals surface area contributed by atoms with Crippen molar-refractivity contribution in [3.05, 3.63) is 34.1 Å². The number of hydrogen-bond donors (Lipinski definition) is 1. The second kappa shape index (κ2) is 5.72. The van der Waals surface area contributed by atoms with E-state index in [4.69, 9.17) is 33.5 Å². The average molecular weight is 312 g/mol. The highest BCUT2D eigenvalue weighted by atomic mass is 35.5. The summed E-state index contributed by atoms with van der Waals surface area (Å²) in [6, 6.07) is 5.54. The second-order valence-corrected chi connectivity index (χ2v) is 6.10. The van der Waals surface area contributed by atoms with E-state index in [1.807, 2.05) is 0 Å². The Morgan fingerprint density at radius 1 is 1.05 bits per heavy atom. The first-order valence-electron chi connectivity index (χ1n) is 6.67. The minimum atomic E-state index is 0.306. The van der Waals surface area contributed by atoms with Gasteiger partial charge in [-0.1, -0.05) is 28.4 Å². The van der Waals surface area contributed by atoms with Gasteiger partial charge in [0.1, 0.15) is 0 Å². The number of halogens is 2. The van der Waals surface area contributed by atoms with E-state index >= 15 is 0 Å². The SMILES string of the molecule is NC1CCC(c2nc(-c3cc(Cl)cc(Cl)c3)no2)CC1. The number of nitrogens with zero attached hydrogens (tertiary/aromatic N) is 2. The summed E-state index contributed by atoms with van der Waals surface area (Å²) in [5.41, 5.74) is 6.68. The molecule has 1 fully saturated rings. The first-order chi connectivity index (χ1) is 9.61. The Morgan fingerprint density at radius 2 is 1.70 bits per heavy atom. The summed E-state index contributed by atoms with van der Waals surface area (Å²) < 4.78 is 5.39. The molecule has 0 atom stereocenters. The molecule has 106 valence electrons. The summed E-state index contributed by atoms with van der Waals surface area (Å²) in [7, 11) is 0. The lowest BCUT2D eigenvalue weighted by Gasteiger charge is -2.22. The molecule has 6 heteroatoms. The minimum absolute atomic E-state index is 0.306. The molecule has 1 aromatic heterocycles. The molecule has 1 aromatic carbocycles. The molecule has 2 aromatic rings. The molecule has 0 radical (unpaired) electrons. The minimum Gasteiger partial charge on any atom is -0.339 e. The largest absolute Gasteiger partial charge is 0.339 e. The fourth-order valence-corrected chi connectivity index (χ4v) is 3.09. The van der Waals surface area contributed by atoms with Crippen molar-refractivity contribution in [3.8, 4) is 11.4 Å². The van der Waals surface area contributed by atoms with Crippen LogP contribution in [0.15, 0.2) is 22.7 Å². The van der Waals surface area contributed by atoms with Crippen LogP contribution < -0.4 is 5.73 Å². The molecular formula is C14H15Cl2N3O. The molecule has 0 unspecified atom stereocenters. The molecule has 1 aliphatic rings. The van der Waals surface area contributed by atoms with Crippen LogP contribution in [0, 0.1) is 0 Å². The molecular weight excluding hydrogens is 297 g/mol. The summed E-state index contributed by atoms with van der Waals surface area (Å²) in [6.07, 6.45) is 4.01. The number of nitrogens with two attached hydrogens (primary N) is 1. The van der Waals surface area contributed by atoms with Crippen molar-refractivity contribution in [3.63, 3.8) is 0 Å². The van der Waals surface area contributed by atoms with Gasteiger partial charge in [-0.3, -0.25) is 0 Å². The van der Waals surface area contributed by atoms with E-state index < -0.39 is 0 Å². The van der Waals surface area contributed by atoms with Crippen LogP contribution in [-0.4, -0.2) is 16.2 Å². The second-order valence-electron chi connectivity index (χ2n) is 5.23. The lowest BCUT2D eigenvalue weighted by molar-refractivity contribution is 0.301. The summed E-state index contributed by atoms with van der Waals surface area (Å²) >= 11 is 12.0. The molecule has 1 aliphatic carbocycles. The van der Waals surface area contributed by atoms with Crippen molar-refractivity contribution in [1.29, 1.82) is 0 Å². The van der Waals surface area contributed by atoms with Crippen molar-refractivity contribution in [2.24, 2.45) is 5.73 Å². The Balaban J connectivity index is 1.83. The number of benzene rings is 1. The number of rotatable bonds is 2. The molecule has 20 heavy (non-hydrogen) atoms. The third-order valence-corrected chi connectivity index (χ3v) is 4.12. The molecule has 0 spiro atoms. The van der Waals surface area contributed by atoms with Crippen molar-refractivity contribution in [2.75, 3.05) is 0 Å². The average Bonchev–Trinajstić information content (AvgIpc) is 2.88. The standard InChI is InChI=1S/C14H15Cl2N3O/c15-10-5-9(6-11(16)7-10)13-18-14(20-19-13)8-1-3-12(17)4-2-8/h5-8,12H,1-4,17H2. The van der Waals surface area contributed by atoms with Gasteiger partial charge in [-0.25, -0.2) is 0 Å².